The number of carbonyl (C=O) groups is 2. The van der Waals surface area contributed by atoms with Gasteiger partial charge in [-0.1, -0.05) is 0 Å². The number of cyclic esters (lactones) is 1. The van der Waals surface area contributed by atoms with E-state index in [1.807, 2.05) is 5.32 Å². The summed E-state index contributed by atoms with van der Waals surface area (Å²) in [5.41, 5.74) is -0.205. The van der Waals surface area contributed by atoms with Gasteiger partial charge < -0.3 is 15.0 Å². The zero-order chi connectivity index (χ0) is 27.0. The Morgan fingerprint density at radius 3 is 2.26 bits per heavy atom. The number of anilines is 2. The Morgan fingerprint density at radius 2 is 1.66 bits per heavy atom. The van der Waals surface area contributed by atoms with Crippen LogP contribution in [0.4, 0.5) is 29.3 Å². The molecule has 2 aliphatic rings. The van der Waals surface area contributed by atoms with E-state index in [1.165, 1.54) is 33.9 Å². The molecule has 1 saturated heterocycles. The number of nitrogens with zero attached hydrogens (tertiary/aromatic N) is 6. The highest BCUT2D eigenvalue weighted by atomic mass is 19.3. The molecule has 1 N–H and O–H groups in total. The smallest absolute Gasteiger partial charge is 0.414 e. The molecule has 1 aromatic carbocycles. The van der Waals surface area contributed by atoms with Gasteiger partial charge in [-0.05, 0) is 30.3 Å². The van der Waals surface area contributed by atoms with Gasteiger partial charge in [0.2, 0.25) is 0 Å². The Bertz CT molecular complexity index is 1450. The minimum Gasteiger partial charge on any atom is -0.442 e. The van der Waals surface area contributed by atoms with Crippen molar-refractivity contribution in [1.82, 2.24) is 24.2 Å². The molecule has 38 heavy (non-hydrogen) atoms. The lowest BCUT2D eigenvalue weighted by atomic mass is 10.2. The van der Waals surface area contributed by atoms with Gasteiger partial charge in [-0.3, -0.25) is 14.7 Å². The van der Waals surface area contributed by atoms with Crippen LogP contribution in [-0.2, 0) is 22.6 Å². The molecular formula is C23H22F3N7O5. The van der Waals surface area contributed by atoms with Crippen molar-refractivity contribution in [3.63, 3.8) is 0 Å². The van der Waals surface area contributed by atoms with Gasteiger partial charge in [-0.2, -0.15) is 8.78 Å². The Labute approximate surface area is 212 Å². The molecule has 0 saturated carbocycles. The van der Waals surface area contributed by atoms with Crippen molar-refractivity contribution in [3.05, 3.63) is 69.5 Å². The van der Waals surface area contributed by atoms with E-state index in [2.05, 4.69) is 4.98 Å². The summed E-state index contributed by atoms with van der Waals surface area (Å²) < 4.78 is 48.7. The second-order valence-electron chi connectivity index (χ2n) is 8.64. The van der Waals surface area contributed by atoms with Crippen LogP contribution in [-0.4, -0.2) is 69.6 Å². The minimum absolute atomic E-state index is 0.0625. The fourth-order valence-corrected chi connectivity index (χ4v) is 4.50. The van der Waals surface area contributed by atoms with Crippen molar-refractivity contribution in [1.29, 1.82) is 0 Å². The standard InChI is InChI=1S/C23H22F3N7O5/c24-17-11-15(30-13-16(38-23(30)37)12-28-20(34)19(25)26)1-2-18(17)29-7-9-31-21(35)33(14-3-5-27-6-4-14)22(36)32(31)10-8-29/h1-6,11,16,19H,7-10,12-13H2,(H,28,34)/t16-/m0/s1. The summed E-state index contributed by atoms with van der Waals surface area (Å²) in [7, 11) is 0. The Balaban J connectivity index is 1.29. The van der Waals surface area contributed by atoms with E-state index in [4.69, 9.17) is 4.74 Å². The predicted octanol–water partition coefficient (Wildman–Crippen LogP) is 0.561. The molecule has 0 unspecified atom stereocenters. The van der Waals surface area contributed by atoms with Gasteiger partial charge in [-0.15, -0.1) is 0 Å². The lowest BCUT2D eigenvalue weighted by Crippen LogP contribution is -2.37. The number of carbonyl (C=O) groups excluding carboxylic acids is 2. The maximum absolute atomic E-state index is 15.2. The molecule has 5 rings (SSSR count). The van der Waals surface area contributed by atoms with Crippen LogP contribution >= 0.6 is 0 Å². The summed E-state index contributed by atoms with van der Waals surface area (Å²) in [4.78, 5) is 55.9. The fraction of sp³-hybridized carbons (Fsp3) is 0.348. The first-order valence-corrected chi connectivity index (χ1v) is 11.7. The molecule has 200 valence electrons. The monoisotopic (exact) mass is 533 g/mol. The van der Waals surface area contributed by atoms with E-state index >= 15 is 4.39 Å². The molecule has 4 heterocycles. The van der Waals surface area contributed by atoms with Crippen LogP contribution in [0.15, 0.2) is 52.3 Å². The summed E-state index contributed by atoms with van der Waals surface area (Å²) in [5, 5.41) is 1.99. The lowest BCUT2D eigenvalue weighted by Gasteiger charge is -2.23. The number of aromatic nitrogens is 4. The molecule has 0 aliphatic carbocycles. The van der Waals surface area contributed by atoms with Gasteiger partial charge in [0.25, 0.3) is 5.91 Å². The molecule has 0 spiro atoms. The minimum atomic E-state index is -3.19. The van der Waals surface area contributed by atoms with Crippen LogP contribution in [0.5, 0.6) is 0 Å². The summed E-state index contributed by atoms with van der Waals surface area (Å²) >= 11 is 0. The molecule has 15 heteroatoms. The molecule has 1 atom stereocenters. The first kappa shape index (κ1) is 25.1. The van der Waals surface area contributed by atoms with E-state index in [-0.39, 0.29) is 50.6 Å². The largest absolute Gasteiger partial charge is 0.442 e. The van der Waals surface area contributed by atoms with Crippen molar-refractivity contribution >= 4 is 23.4 Å². The van der Waals surface area contributed by atoms with Crippen LogP contribution in [0.3, 0.4) is 0 Å². The highest BCUT2D eigenvalue weighted by Crippen LogP contribution is 2.28. The van der Waals surface area contributed by atoms with E-state index in [1.54, 1.807) is 17.0 Å². The molecule has 0 bridgehead atoms. The molecule has 0 radical (unpaired) electrons. The van der Waals surface area contributed by atoms with E-state index in [0.29, 0.717) is 5.69 Å². The van der Waals surface area contributed by atoms with Gasteiger partial charge in [0.05, 0.1) is 43.2 Å². The molecule has 2 aromatic heterocycles. The summed E-state index contributed by atoms with van der Waals surface area (Å²) in [6.07, 6.45) is -1.89. The van der Waals surface area contributed by atoms with Gasteiger partial charge in [0.15, 0.2) is 0 Å². The number of fused-ring (bicyclic) bond motifs is 1. The number of halogens is 3. The Hall–Kier alpha value is -4.56. The Kier molecular flexibility index (Phi) is 6.65. The maximum atomic E-state index is 15.2. The second kappa shape index (κ2) is 10.1. The number of alkyl halides is 2. The van der Waals surface area contributed by atoms with E-state index < -0.39 is 41.7 Å². The van der Waals surface area contributed by atoms with Crippen molar-refractivity contribution < 1.29 is 27.5 Å². The SMILES string of the molecule is O=C(NC[C@H]1CN(c2ccc(N3CCn4c(=O)n(-c5ccncc5)c(=O)n4CC3)c(F)c2)C(=O)O1)C(F)F. The third kappa shape index (κ3) is 4.62. The zero-order valence-corrected chi connectivity index (χ0v) is 19.8. The number of amides is 2. The average Bonchev–Trinajstić information content (AvgIpc) is 3.27. The van der Waals surface area contributed by atoms with Gasteiger partial charge >= 0.3 is 23.9 Å². The lowest BCUT2D eigenvalue weighted by molar-refractivity contribution is -0.132. The van der Waals surface area contributed by atoms with E-state index in [0.717, 1.165) is 15.5 Å². The van der Waals surface area contributed by atoms with Crippen LogP contribution in [0, 0.1) is 5.82 Å². The van der Waals surface area contributed by atoms with Gasteiger partial charge in [0, 0.05) is 25.5 Å². The van der Waals surface area contributed by atoms with Crippen molar-refractivity contribution in [2.75, 3.05) is 36.0 Å². The molecule has 3 aromatic rings. The van der Waals surface area contributed by atoms with Gasteiger partial charge in [0.1, 0.15) is 11.9 Å². The number of benzene rings is 1. The van der Waals surface area contributed by atoms with Gasteiger partial charge in [-0.25, -0.2) is 32.7 Å². The first-order chi connectivity index (χ1) is 18.2. The number of nitrogens with one attached hydrogen (secondary N) is 1. The molecule has 12 nitrogen and oxygen atoms in total. The number of hydrogen-bond donors (Lipinski definition) is 1. The zero-order valence-electron chi connectivity index (χ0n) is 19.8. The highest BCUT2D eigenvalue weighted by Gasteiger charge is 2.34. The summed E-state index contributed by atoms with van der Waals surface area (Å²) in [6.45, 7) is 0.396. The topological polar surface area (TPSA) is 124 Å². The van der Waals surface area contributed by atoms with Crippen molar-refractivity contribution in [3.8, 4) is 5.69 Å². The third-order valence-corrected chi connectivity index (χ3v) is 6.36. The molecular weight excluding hydrogens is 511 g/mol. The highest BCUT2D eigenvalue weighted by molar-refractivity contribution is 5.90. The Morgan fingerprint density at radius 1 is 1.00 bits per heavy atom. The van der Waals surface area contributed by atoms with E-state index in [9.17, 15) is 28.0 Å². The number of pyridine rings is 1. The predicted molar refractivity (Wildman–Crippen MR) is 127 cm³/mol. The average molecular weight is 533 g/mol. The first-order valence-electron chi connectivity index (χ1n) is 11.7. The van der Waals surface area contributed by atoms with Crippen molar-refractivity contribution in [2.45, 2.75) is 25.6 Å². The van der Waals surface area contributed by atoms with Crippen LogP contribution in [0.25, 0.3) is 5.69 Å². The fourth-order valence-electron chi connectivity index (χ4n) is 4.50. The van der Waals surface area contributed by atoms with Crippen LogP contribution < -0.4 is 26.5 Å². The molecule has 2 aliphatic heterocycles. The molecule has 2 amide bonds. The number of ether oxygens (including phenoxy) is 1. The number of rotatable bonds is 6. The second-order valence-corrected chi connectivity index (χ2v) is 8.64. The maximum Gasteiger partial charge on any atom is 0.414 e. The summed E-state index contributed by atoms with van der Waals surface area (Å²) in [6, 6.07) is 7.25. The normalized spacial score (nSPS) is 17.4. The van der Waals surface area contributed by atoms with Crippen LogP contribution in [0.1, 0.15) is 0 Å². The summed E-state index contributed by atoms with van der Waals surface area (Å²) in [5.74, 6) is -2.12. The third-order valence-electron chi connectivity index (χ3n) is 6.36. The van der Waals surface area contributed by atoms with Crippen LogP contribution in [0.2, 0.25) is 0 Å². The quantitative estimate of drug-likeness (QED) is 0.491. The van der Waals surface area contributed by atoms with Crippen molar-refractivity contribution in [2.24, 2.45) is 0 Å². The number of hydrogen-bond acceptors (Lipinski definition) is 7. The molecule has 1 fully saturated rings.